The molecule has 2 aromatic heterocycles. The average Bonchev–Trinajstić information content (AvgIpc) is 2.80. The number of benzene rings is 1. The summed E-state index contributed by atoms with van der Waals surface area (Å²) in [7, 11) is 1.55. The topological polar surface area (TPSA) is 103 Å². The highest BCUT2D eigenvalue weighted by molar-refractivity contribution is 5.93. The second-order valence-electron chi connectivity index (χ2n) is 8.04. The number of ether oxygens (including phenoxy) is 2. The number of methoxy groups -OCH3 is 1. The summed E-state index contributed by atoms with van der Waals surface area (Å²) in [4.78, 5) is 19.2. The summed E-state index contributed by atoms with van der Waals surface area (Å²) in [5, 5.41) is 8.27. The van der Waals surface area contributed by atoms with Crippen LogP contribution in [0.5, 0.6) is 17.2 Å². The highest BCUT2D eigenvalue weighted by Crippen LogP contribution is 2.33. The second kappa shape index (κ2) is 9.21. The number of carbonyl (C=O) groups excluding carboxylic acids is 1. The Morgan fingerprint density at radius 1 is 1.06 bits per heavy atom. The molecule has 0 aliphatic carbocycles. The lowest BCUT2D eigenvalue weighted by molar-refractivity contribution is 0.0705. The lowest BCUT2D eigenvalue weighted by Gasteiger charge is -2.32. The molecule has 0 atom stereocenters. The Morgan fingerprint density at radius 3 is 2.44 bits per heavy atom. The molecular weight excluding hydrogens is 406 g/mol. The van der Waals surface area contributed by atoms with Crippen molar-refractivity contribution in [2.75, 3.05) is 25.9 Å². The SMILES string of the molecule is COc1cc(C(=O)N2CCC(c3nnc(N)cc3C)CC2)ncc1Oc1ccc(C)cc1. The average molecular weight is 434 g/mol. The summed E-state index contributed by atoms with van der Waals surface area (Å²) < 4.78 is 11.3. The van der Waals surface area contributed by atoms with Gasteiger partial charge in [0, 0.05) is 25.1 Å². The van der Waals surface area contributed by atoms with E-state index in [4.69, 9.17) is 15.2 Å². The van der Waals surface area contributed by atoms with E-state index in [0.717, 1.165) is 29.7 Å². The lowest BCUT2D eigenvalue weighted by atomic mass is 9.91. The Balaban J connectivity index is 1.43. The molecule has 0 bridgehead atoms. The number of anilines is 1. The van der Waals surface area contributed by atoms with Gasteiger partial charge in [-0.05, 0) is 50.5 Å². The van der Waals surface area contributed by atoms with E-state index in [1.807, 2.05) is 49.1 Å². The number of pyridine rings is 1. The summed E-state index contributed by atoms with van der Waals surface area (Å²) in [6.07, 6.45) is 3.17. The normalized spacial score (nSPS) is 14.3. The largest absolute Gasteiger partial charge is 0.493 e. The molecule has 1 aromatic carbocycles. The molecular formula is C24H27N5O3. The number of aryl methyl sites for hydroxylation is 2. The minimum absolute atomic E-state index is 0.122. The number of hydrogen-bond acceptors (Lipinski definition) is 7. The Hall–Kier alpha value is -3.68. The number of nitrogens with two attached hydrogens (primary N) is 1. The Kier molecular flexibility index (Phi) is 6.20. The van der Waals surface area contributed by atoms with E-state index in [1.54, 1.807) is 13.2 Å². The monoisotopic (exact) mass is 433 g/mol. The van der Waals surface area contributed by atoms with E-state index in [1.165, 1.54) is 6.20 Å². The Bertz CT molecular complexity index is 1110. The fraction of sp³-hybridized carbons (Fsp3) is 0.333. The van der Waals surface area contributed by atoms with E-state index < -0.39 is 0 Å². The zero-order valence-electron chi connectivity index (χ0n) is 18.5. The van der Waals surface area contributed by atoms with Crippen molar-refractivity contribution in [2.45, 2.75) is 32.6 Å². The van der Waals surface area contributed by atoms with Crippen molar-refractivity contribution in [3.8, 4) is 17.2 Å². The second-order valence-corrected chi connectivity index (χ2v) is 8.04. The molecule has 1 amide bonds. The summed E-state index contributed by atoms with van der Waals surface area (Å²) in [6, 6.07) is 11.2. The Morgan fingerprint density at radius 2 is 1.78 bits per heavy atom. The fourth-order valence-electron chi connectivity index (χ4n) is 3.95. The van der Waals surface area contributed by atoms with Crippen LogP contribution in [0.3, 0.4) is 0 Å². The first-order valence-corrected chi connectivity index (χ1v) is 10.6. The maximum absolute atomic E-state index is 13.1. The van der Waals surface area contributed by atoms with Crippen LogP contribution in [0.4, 0.5) is 5.82 Å². The molecule has 1 aliphatic rings. The standard InChI is InChI=1S/C24H27N5O3/c1-15-4-6-18(7-5-15)32-21-14-26-19(13-20(21)31-3)24(30)29-10-8-17(9-11-29)23-16(2)12-22(25)27-28-23/h4-7,12-14,17H,8-11H2,1-3H3,(H2,25,27). The molecule has 2 N–H and O–H groups in total. The van der Waals surface area contributed by atoms with Crippen LogP contribution in [-0.4, -0.2) is 46.2 Å². The minimum Gasteiger partial charge on any atom is -0.493 e. The molecule has 1 aliphatic heterocycles. The van der Waals surface area contributed by atoms with Gasteiger partial charge >= 0.3 is 0 Å². The third-order valence-corrected chi connectivity index (χ3v) is 5.73. The highest BCUT2D eigenvalue weighted by Gasteiger charge is 2.27. The van der Waals surface area contributed by atoms with Crippen molar-refractivity contribution in [1.82, 2.24) is 20.1 Å². The molecule has 8 heteroatoms. The lowest BCUT2D eigenvalue weighted by Crippen LogP contribution is -2.38. The van der Waals surface area contributed by atoms with Crippen LogP contribution in [0.15, 0.2) is 42.6 Å². The number of amides is 1. The smallest absolute Gasteiger partial charge is 0.272 e. The highest BCUT2D eigenvalue weighted by atomic mass is 16.5. The zero-order chi connectivity index (χ0) is 22.7. The maximum atomic E-state index is 13.1. The number of nitrogen functional groups attached to an aromatic ring is 1. The molecule has 3 heterocycles. The van der Waals surface area contributed by atoms with Gasteiger partial charge in [-0.2, -0.15) is 5.10 Å². The zero-order valence-corrected chi connectivity index (χ0v) is 18.5. The first kappa shape index (κ1) is 21.5. The van der Waals surface area contributed by atoms with Crippen LogP contribution in [0.2, 0.25) is 0 Å². The van der Waals surface area contributed by atoms with Crippen molar-refractivity contribution in [3.05, 3.63) is 65.1 Å². The van der Waals surface area contributed by atoms with E-state index in [-0.39, 0.29) is 11.8 Å². The number of nitrogens with zero attached hydrogens (tertiary/aromatic N) is 4. The molecule has 0 saturated carbocycles. The van der Waals surface area contributed by atoms with E-state index >= 15 is 0 Å². The predicted molar refractivity (Wildman–Crippen MR) is 121 cm³/mol. The number of hydrogen-bond donors (Lipinski definition) is 1. The third-order valence-electron chi connectivity index (χ3n) is 5.73. The van der Waals surface area contributed by atoms with Crippen molar-refractivity contribution >= 4 is 11.7 Å². The minimum atomic E-state index is -0.122. The molecule has 1 fully saturated rings. The van der Waals surface area contributed by atoms with Gasteiger partial charge in [0.05, 0.1) is 19.0 Å². The first-order chi connectivity index (χ1) is 15.4. The van der Waals surface area contributed by atoms with Gasteiger partial charge < -0.3 is 20.1 Å². The molecule has 8 nitrogen and oxygen atoms in total. The van der Waals surface area contributed by atoms with Crippen LogP contribution in [0.25, 0.3) is 0 Å². The van der Waals surface area contributed by atoms with Gasteiger partial charge in [-0.15, -0.1) is 5.10 Å². The van der Waals surface area contributed by atoms with Crippen LogP contribution in [-0.2, 0) is 0 Å². The number of carbonyl (C=O) groups is 1. The van der Waals surface area contributed by atoms with Crippen molar-refractivity contribution in [3.63, 3.8) is 0 Å². The van der Waals surface area contributed by atoms with Crippen LogP contribution < -0.4 is 15.2 Å². The van der Waals surface area contributed by atoms with Crippen LogP contribution in [0, 0.1) is 13.8 Å². The molecule has 0 unspecified atom stereocenters. The van der Waals surface area contributed by atoms with E-state index in [0.29, 0.717) is 41.8 Å². The molecule has 0 spiro atoms. The number of rotatable bonds is 5. The van der Waals surface area contributed by atoms with E-state index in [2.05, 4.69) is 15.2 Å². The predicted octanol–water partition coefficient (Wildman–Crippen LogP) is 3.89. The molecule has 1 saturated heterocycles. The fourth-order valence-corrected chi connectivity index (χ4v) is 3.95. The quantitative estimate of drug-likeness (QED) is 0.651. The summed E-state index contributed by atoms with van der Waals surface area (Å²) in [6.45, 7) is 5.26. The molecule has 166 valence electrons. The van der Waals surface area contributed by atoms with Crippen LogP contribution in [0.1, 0.15) is 46.1 Å². The van der Waals surface area contributed by atoms with Gasteiger partial charge in [-0.25, -0.2) is 4.98 Å². The van der Waals surface area contributed by atoms with Gasteiger partial charge in [-0.3, -0.25) is 4.79 Å². The maximum Gasteiger partial charge on any atom is 0.272 e. The van der Waals surface area contributed by atoms with Crippen LogP contribution >= 0.6 is 0 Å². The van der Waals surface area contributed by atoms with Gasteiger partial charge in [0.2, 0.25) is 0 Å². The molecule has 4 rings (SSSR count). The van der Waals surface area contributed by atoms with Crippen molar-refractivity contribution in [2.24, 2.45) is 0 Å². The molecule has 3 aromatic rings. The van der Waals surface area contributed by atoms with Crippen molar-refractivity contribution in [1.29, 1.82) is 0 Å². The van der Waals surface area contributed by atoms with E-state index in [9.17, 15) is 4.79 Å². The van der Waals surface area contributed by atoms with Gasteiger partial charge in [0.15, 0.2) is 11.5 Å². The Labute approximate surface area is 187 Å². The van der Waals surface area contributed by atoms with Gasteiger partial charge in [0.1, 0.15) is 17.3 Å². The number of likely N-dealkylation sites (tertiary alicyclic amines) is 1. The summed E-state index contributed by atoms with van der Waals surface area (Å²) in [5.41, 5.74) is 9.19. The third kappa shape index (κ3) is 4.64. The number of aromatic nitrogens is 3. The molecule has 32 heavy (non-hydrogen) atoms. The van der Waals surface area contributed by atoms with Gasteiger partial charge in [-0.1, -0.05) is 17.7 Å². The summed E-state index contributed by atoms with van der Waals surface area (Å²) in [5.74, 6) is 2.17. The first-order valence-electron chi connectivity index (χ1n) is 10.6. The number of piperidine rings is 1. The summed E-state index contributed by atoms with van der Waals surface area (Å²) >= 11 is 0. The van der Waals surface area contributed by atoms with Crippen molar-refractivity contribution < 1.29 is 14.3 Å². The van der Waals surface area contributed by atoms with Gasteiger partial charge in [0.25, 0.3) is 5.91 Å². The molecule has 0 radical (unpaired) electrons.